The Hall–Kier alpha value is -2.14. The van der Waals surface area contributed by atoms with Crippen molar-refractivity contribution in [1.82, 2.24) is 15.3 Å². The zero-order valence-corrected chi connectivity index (χ0v) is 18.8. The fourth-order valence-corrected chi connectivity index (χ4v) is 7.08. The maximum absolute atomic E-state index is 12.2. The topological polar surface area (TPSA) is 67.0 Å². The van der Waals surface area contributed by atoms with Gasteiger partial charge in [0.2, 0.25) is 0 Å². The number of hydrogen-bond acceptors (Lipinski definition) is 4. The molecule has 5 nitrogen and oxygen atoms in total. The van der Waals surface area contributed by atoms with Gasteiger partial charge in [-0.2, -0.15) is 0 Å². The van der Waals surface area contributed by atoms with Crippen LogP contribution in [0.15, 0.2) is 30.6 Å². The third-order valence-corrected chi connectivity index (χ3v) is 8.67. The van der Waals surface area contributed by atoms with E-state index in [-0.39, 0.29) is 5.78 Å². The van der Waals surface area contributed by atoms with E-state index in [9.17, 15) is 4.79 Å². The van der Waals surface area contributed by atoms with Gasteiger partial charge in [-0.1, -0.05) is 13.0 Å². The molecule has 2 saturated carbocycles. The molecule has 5 heteroatoms. The average molecular weight is 422 g/mol. The molecule has 1 aromatic heterocycles. The van der Waals surface area contributed by atoms with Crippen LogP contribution in [0.2, 0.25) is 0 Å². The first-order valence-electron chi connectivity index (χ1n) is 12.0. The predicted molar refractivity (Wildman–Crippen MR) is 122 cm³/mol. The summed E-state index contributed by atoms with van der Waals surface area (Å²) in [6.45, 7) is 3.45. The van der Waals surface area contributed by atoms with Crippen molar-refractivity contribution in [2.75, 3.05) is 13.7 Å². The van der Waals surface area contributed by atoms with Crippen molar-refractivity contribution >= 4 is 5.78 Å². The van der Waals surface area contributed by atoms with Crippen molar-refractivity contribution in [3.05, 3.63) is 47.5 Å². The number of carbonyl (C=O) groups excluding carboxylic acids is 1. The highest BCUT2D eigenvalue weighted by atomic mass is 16.5. The molecule has 0 unspecified atom stereocenters. The van der Waals surface area contributed by atoms with Crippen LogP contribution >= 0.6 is 0 Å². The second-order valence-corrected chi connectivity index (χ2v) is 10.1. The Kier molecular flexibility index (Phi) is 5.63. The van der Waals surface area contributed by atoms with Crippen LogP contribution in [-0.4, -0.2) is 35.4 Å². The van der Waals surface area contributed by atoms with E-state index >= 15 is 0 Å². The lowest BCUT2D eigenvalue weighted by Gasteiger charge is -2.51. The van der Waals surface area contributed by atoms with E-state index in [0.29, 0.717) is 23.7 Å². The van der Waals surface area contributed by atoms with Gasteiger partial charge in [-0.25, -0.2) is 4.98 Å². The van der Waals surface area contributed by atoms with Crippen LogP contribution in [-0.2, 0) is 6.42 Å². The Morgan fingerprint density at radius 2 is 2.19 bits per heavy atom. The van der Waals surface area contributed by atoms with E-state index in [1.54, 1.807) is 25.1 Å². The van der Waals surface area contributed by atoms with E-state index in [4.69, 9.17) is 4.74 Å². The van der Waals surface area contributed by atoms with Gasteiger partial charge in [-0.3, -0.25) is 4.79 Å². The molecular formula is C26H35N3O2. The highest BCUT2D eigenvalue weighted by Gasteiger charge is 2.54. The van der Waals surface area contributed by atoms with Crippen LogP contribution in [0.5, 0.6) is 5.75 Å². The predicted octanol–water partition coefficient (Wildman–Crippen LogP) is 4.90. The van der Waals surface area contributed by atoms with Gasteiger partial charge in [0.1, 0.15) is 5.75 Å². The molecule has 3 aliphatic carbocycles. The summed E-state index contributed by atoms with van der Waals surface area (Å²) in [6.07, 6.45) is 12.5. The molecule has 2 N–H and O–H groups in total. The first-order chi connectivity index (χ1) is 15.1. The lowest BCUT2D eigenvalue weighted by Crippen LogP contribution is -2.48. The highest BCUT2D eigenvalue weighted by molar-refractivity contribution is 5.92. The number of ether oxygens (including phenoxy) is 1. The quantitative estimate of drug-likeness (QED) is 0.493. The van der Waals surface area contributed by atoms with Crippen LogP contribution in [0.3, 0.4) is 0 Å². The number of Topliss-reactive ketones (excluding diaryl/α,β-unsaturated/α-hetero) is 1. The molecule has 0 radical (unpaired) electrons. The fourth-order valence-electron chi connectivity index (χ4n) is 7.08. The van der Waals surface area contributed by atoms with Crippen LogP contribution in [0.1, 0.15) is 79.5 Å². The number of hydrogen-bond donors (Lipinski definition) is 2. The Morgan fingerprint density at radius 3 is 3.00 bits per heavy atom. The Balaban J connectivity index is 1.20. The van der Waals surface area contributed by atoms with Crippen LogP contribution in [0, 0.1) is 17.3 Å². The number of aromatic amines is 1. The number of methoxy groups -OCH3 is 1. The van der Waals surface area contributed by atoms with Gasteiger partial charge in [0.05, 0.1) is 7.11 Å². The van der Waals surface area contributed by atoms with Crippen molar-refractivity contribution in [3.8, 4) is 5.75 Å². The Labute approximate surface area is 185 Å². The molecule has 0 spiro atoms. The third-order valence-electron chi connectivity index (χ3n) is 8.67. The summed E-state index contributed by atoms with van der Waals surface area (Å²) < 4.78 is 5.46. The van der Waals surface area contributed by atoms with Crippen molar-refractivity contribution in [2.45, 2.75) is 70.3 Å². The molecule has 1 heterocycles. The molecule has 3 aliphatic rings. The average Bonchev–Trinajstić information content (AvgIpc) is 3.44. The largest absolute Gasteiger partial charge is 0.497 e. The maximum atomic E-state index is 12.2. The molecule has 5 rings (SSSR count). The first kappa shape index (κ1) is 20.7. The van der Waals surface area contributed by atoms with Gasteiger partial charge in [0.15, 0.2) is 11.6 Å². The number of ketones is 1. The van der Waals surface area contributed by atoms with Crippen LogP contribution in [0.4, 0.5) is 0 Å². The smallest absolute Gasteiger partial charge is 0.198 e. The summed E-state index contributed by atoms with van der Waals surface area (Å²) in [4.78, 5) is 19.1. The summed E-state index contributed by atoms with van der Waals surface area (Å²) >= 11 is 0. The minimum absolute atomic E-state index is 0.111. The fraction of sp³-hybridized carbons (Fsp3) is 0.615. The molecule has 31 heavy (non-hydrogen) atoms. The number of aromatic nitrogens is 2. The van der Waals surface area contributed by atoms with E-state index in [1.807, 2.05) is 0 Å². The number of aryl methyl sites for hydroxylation is 1. The molecule has 2 fully saturated rings. The van der Waals surface area contributed by atoms with Crippen molar-refractivity contribution in [2.24, 2.45) is 17.3 Å². The number of carbonyl (C=O) groups is 1. The normalized spacial score (nSPS) is 31.5. The summed E-state index contributed by atoms with van der Waals surface area (Å²) in [5.41, 5.74) is 3.49. The summed E-state index contributed by atoms with van der Waals surface area (Å²) in [5.74, 6) is 3.93. The van der Waals surface area contributed by atoms with Gasteiger partial charge in [-0.15, -0.1) is 0 Å². The third kappa shape index (κ3) is 3.71. The van der Waals surface area contributed by atoms with Crippen molar-refractivity contribution < 1.29 is 9.53 Å². The SMILES string of the molecule is COc1ccc2c(c1)CC[C@@H]1[C@@H]2CC[C@]2(C)[C@@H](NCCCC(=O)c3ncc[nH]3)CC[C@@H]12. The molecule has 0 bridgehead atoms. The molecule has 2 aromatic rings. The molecular weight excluding hydrogens is 386 g/mol. The second-order valence-electron chi connectivity index (χ2n) is 10.1. The number of H-pyrrole nitrogens is 1. The van der Waals surface area contributed by atoms with E-state index in [0.717, 1.165) is 36.5 Å². The molecule has 0 amide bonds. The maximum Gasteiger partial charge on any atom is 0.198 e. The zero-order chi connectivity index (χ0) is 21.4. The van der Waals surface area contributed by atoms with Crippen LogP contribution in [0.25, 0.3) is 0 Å². The standard InChI is InChI=1S/C26H35N3O2/c1-26-12-11-20-19-8-6-18(31-2)16-17(19)5-7-21(20)22(26)9-10-24(26)27-13-3-4-23(30)25-28-14-15-29-25/h6,8,14-16,20-22,24,27H,3-5,7,9-13H2,1-2H3,(H,28,29)/t20-,21-,22+,24+,26+/m1/s1. The first-order valence-corrected chi connectivity index (χ1v) is 12.0. The van der Waals surface area contributed by atoms with Gasteiger partial charge in [-0.05, 0) is 97.9 Å². The van der Waals surface area contributed by atoms with Gasteiger partial charge in [0.25, 0.3) is 0 Å². The molecule has 166 valence electrons. The number of fused-ring (bicyclic) bond motifs is 5. The molecule has 0 saturated heterocycles. The molecule has 1 aromatic carbocycles. The molecule has 0 aliphatic heterocycles. The van der Waals surface area contributed by atoms with E-state index < -0.39 is 0 Å². The van der Waals surface area contributed by atoms with E-state index in [2.05, 4.69) is 40.4 Å². The number of benzene rings is 1. The monoisotopic (exact) mass is 421 g/mol. The minimum Gasteiger partial charge on any atom is -0.497 e. The Bertz CT molecular complexity index is 925. The summed E-state index contributed by atoms with van der Waals surface area (Å²) in [7, 11) is 1.76. The number of rotatable bonds is 7. The molecule has 5 atom stereocenters. The summed E-state index contributed by atoms with van der Waals surface area (Å²) in [5, 5.41) is 3.85. The Morgan fingerprint density at radius 1 is 1.29 bits per heavy atom. The van der Waals surface area contributed by atoms with E-state index in [1.165, 1.54) is 44.1 Å². The summed E-state index contributed by atoms with van der Waals surface area (Å²) in [6, 6.07) is 7.34. The van der Waals surface area contributed by atoms with Crippen molar-refractivity contribution in [3.63, 3.8) is 0 Å². The lowest BCUT2D eigenvalue weighted by molar-refractivity contribution is 0.0412. The number of nitrogens with one attached hydrogen (secondary N) is 2. The van der Waals surface area contributed by atoms with Gasteiger partial charge >= 0.3 is 0 Å². The lowest BCUT2D eigenvalue weighted by atomic mass is 9.55. The number of nitrogens with zero attached hydrogens (tertiary/aromatic N) is 1. The van der Waals surface area contributed by atoms with Gasteiger partial charge < -0.3 is 15.0 Å². The van der Waals surface area contributed by atoms with Gasteiger partial charge in [0, 0.05) is 24.9 Å². The second kappa shape index (κ2) is 8.42. The van der Waals surface area contributed by atoms with Crippen LogP contribution < -0.4 is 10.1 Å². The zero-order valence-electron chi connectivity index (χ0n) is 18.8. The minimum atomic E-state index is 0.111. The number of imidazole rings is 1. The van der Waals surface area contributed by atoms with Crippen molar-refractivity contribution in [1.29, 1.82) is 0 Å². The highest BCUT2D eigenvalue weighted by Crippen LogP contribution is 2.60.